The minimum absolute atomic E-state index is 0.219. The van der Waals surface area contributed by atoms with Crippen molar-refractivity contribution in [1.29, 1.82) is 0 Å². The van der Waals surface area contributed by atoms with Gasteiger partial charge in [0.1, 0.15) is 6.04 Å². The number of hydrogen-bond acceptors (Lipinski definition) is 5. The first kappa shape index (κ1) is 17.6. The van der Waals surface area contributed by atoms with E-state index >= 15 is 0 Å². The van der Waals surface area contributed by atoms with Gasteiger partial charge in [-0.1, -0.05) is 6.07 Å². The van der Waals surface area contributed by atoms with Crippen molar-refractivity contribution in [3.8, 4) is 0 Å². The summed E-state index contributed by atoms with van der Waals surface area (Å²) in [5.74, 6) is -0.671. The predicted molar refractivity (Wildman–Crippen MR) is 104 cm³/mol. The van der Waals surface area contributed by atoms with E-state index in [1.54, 1.807) is 11.6 Å². The third-order valence-corrected chi connectivity index (χ3v) is 6.57. The average Bonchev–Trinajstić information content (AvgIpc) is 3.04. The Labute approximate surface area is 162 Å². The van der Waals surface area contributed by atoms with Gasteiger partial charge in [-0.15, -0.1) is 0 Å². The lowest BCUT2D eigenvalue weighted by molar-refractivity contribution is -0.135. The van der Waals surface area contributed by atoms with Crippen LogP contribution in [0.3, 0.4) is 0 Å². The number of aryl methyl sites for hydroxylation is 1. The number of nitrogens with zero attached hydrogens (tertiary/aromatic N) is 3. The molecule has 2 aromatic rings. The van der Waals surface area contributed by atoms with Gasteiger partial charge in [-0.05, 0) is 37.0 Å². The minimum atomic E-state index is -0.635. The number of nitrogens with one attached hydrogen (secondary N) is 2. The number of piperazine rings is 1. The zero-order chi connectivity index (χ0) is 19.4. The van der Waals surface area contributed by atoms with E-state index in [1.165, 1.54) is 23.0 Å². The maximum Gasteiger partial charge on any atom is 0.329 e. The quantitative estimate of drug-likeness (QED) is 0.742. The lowest BCUT2D eigenvalue weighted by Gasteiger charge is -2.35. The summed E-state index contributed by atoms with van der Waals surface area (Å²) in [6.07, 6.45) is 3.09. The molecule has 3 unspecified atom stereocenters. The summed E-state index contributed by atoms with van der Waals surface area (Å²) in [6.45, 7) is 2.97. The van der Waals surface area contributed by atoms with E-state index < -0.39 is 11.9 Å². The van der Waals surface area contributed by atoms with Crippen molar-refractivity contribution < 1.29 is 9.59 Å². The molecule has 3 aliphatic rings. The van der Waals surface area contributed by atoms with E-state index in [-0.39, 0.29) is 18.0 Å². The molecule has 5 rings (SSSR count). The Morgan fingerprint density at radius 1 is 1.04 bits per heavy atom. The molecule has 2 amide bonds. The number of aromatic nitrogens is 2. The molecular formula is C20H25N5O3. The number of carbonyl (C=O) groups excluding carboxylic acids is 2. The Kier molecular flexibility index (Phi) is 4.13. The van der Waals surface area contributed by atoms with Gasteiger partial charge in [0.15, 0.2) is 0 Å². The Balaban J connectivity index is 1.49. The van der Waals surface area contributed by atoms with Crippen LogP contribution in [0.4, 0.5) is 0 Å². The van der Waals surface area contributed by atoms with E-state index in [4.69, 9.17) is 0 Å². The van der Waals surface area contributed by atoms with Crippen LogP contribution in [0.2, 0.25) is 0 Å². The molecule has 3 fully saturated rings. The monoisotopic (exact) mass is 383 g/mol. The zero-order valence-electron chi connectivity index (χ0n) is 16.0. The maximum absolute atomic E-state index is 12.9. The summed E-state index contributed by atoms with van der Waals surface area (Å²) in [4.78, 5) is 39.2. The van der Waals surface area contributed by atoms with E-state index in [0.29, 0.717) is 18.5 Å². The van der Waals surface area contributed by atoms with Gasteiger partial charge in [-0.3, -0.25) is 28.9 Å². The van der Waals surface area contributed by atoms with Crippen molar-refractivity contribution in [3.05, 3.63) is 34.2 Å². The second-order valence-corrected chi connectivity index (χ2v) is 8.22. The molecule has 0 saturated carbocycles. The Morgan fingerprint density at radius 2 is 1.79 bits per heavy atom. The highest BCUT2D eigenvalue weighted by molar-refractivity contribution is 6.00. The number of hydrogen-bond donors (Lipinski definition) is 2. The smallest absolute Gasteiger partial charge is 0.314 e. The maximum atomic E-state index is 12.9. The lowest BCUT2D eigenvalue weighted by atomic mass is 10.1. The number of fused-ring (bicyclic) bond motifs is 3. The van der Waals surface area contributed by atoms with Crippen LogP contribution in [0.25, 0.3) is 11.0 Å². The first-order valence-electron chi connectivity index (χ1n) is 10.0. The summed E-state index contributed by atoms with van der Waals surface area (Å²) in [5.41, 5.74) is 2.54. The van der Waals surface area contributed by atoms with Crippen LogP contribution in [0.1, 0.15) is 37.3 Å². The molecule has 3 saturated heterocycles. The Hall–Kier alpha value is -2.45. The van der Waals surface area contributed by atoms with Crippen molar-refractivity contribution in [1.82, 2.24) is 24.7 Å². The molecule has 28 heavy (non-hydrogen) atoms. The molecule has 4 heterocycles. The van der Waals surface area contributed by atoms with Gasteiger partial charge < -0.3 is 5.32 Å². The number of imide groups is 1. The van der Waals surface area contributed by atoms with E-state index in [9.17, 15) is 14.4 Å². The van der Waals surface area contributed by atoms with E-state index in [2.05, 4.69) is 27.7 Å². The Morgan fingerprint density at radius 3 is 2.50 bits per heavy atom. The number of benzene rings is 1. The fraction of sp³-hybridized carbons (Fsp3) is 0.550. The highest BCUT2D eigenvalue weighted by atomic mass is 16.2. The molecule has 2 N–H and O–H groups in total. The zero-order valence-corrected chi connectivity index (χ0v) is 16.0. The molecule has 0 aliphatic carbocycles. The summed E-state index contributed by atoms with van der Waals surface area (Å²) in [6, 6.07) is 6.62. The first-order chi connectivity index (χ1) is 13.5. The van der Waals surface area contributed by atoms with Gasteiger partial charge in [0.25, 0.3) is 0 Å². The van der Waals surface area contributed by atoms with E-state index in [0.717, 1.165) is 30.7 Å². The summed E-state index contributed by atoms with van der Waals surface area (Å²) < 4.78 is 3.14. The minimum Gasteiger partial charge on any atom is -0.314 e. The number of piperidine rings is 1. The Bertz CT molecular complexity index is 1010. The predicted octanol–water partition coefficient (Wildman–Crippen LogP) is 0.254. The summed E-state index contributed by atoms with van der Waals surface area (Å²) in [7, 11) is 1.74. The van der Waals surface area contributed by atoms with Gasteiger partial charge in [0.05, 0.1) is 11.0 Å². The number of rotatable bonds is 3. The van der Waals surface area contributed by atoms with Crippen molar-refractivity contribution in [2.45, 2.75) is 50.4 Å². The molecule has 2 bridgehead atoms. The highest BCUT2D eigenvalue weighted by Crippen LogP contribution is 2.29. The van der Waals surface area contributed by atoms with Crippen LogP contribution in [-0.2, 0) is 23.2 Å². The molecule has 0 spiro atoms. The second-order valence-electron chi connectivity index (χ2n) is 8.22. The molecule has 3 atom stereocenters. The van der Waals surface area contributed by atoms with Crippen LogP contribution in [0.15, 0.2) is 23.0 Å². The van der Waals surface area contributed by atoms with E-state index in [1.807, 2.05) is 6.07 Å². The van der Waals surface area contributed by atoms with Crippen LogP contribution in [-0.4, -0.2) is 51.0 Å². The lowest BCUT2D eigenvalue weighted by Crippen LogP contribution is -2.51. The van der Waals surface area contributed by atoms with Crippen LogP contribution < -0.4 is 16.3 Å². The van der Waals surface area contributed by atoms with Crippen molar-refractivity contribution >= 4 is 22.8 Å². The van der Waals surface area contributed by atoms with Gasteiger partial charge in [0, 0.05) is 45.2 Å². The molecule has 1 aromatic carbocycles. The topological polar surface area (TPSA) is 88.4 Å². The first-order valence-corrected chi connectivity index (χ1v) is 10.0. The SMILES string of the molecule is Cn1c(=O)n(C2CCC(=O)NC2=O)c2ccc(CN3C4CCC3CNC4)cc21. The van der Waals surface area contributed by atoms with Crippen molar-refractivity contribution in [2.24, 2.45) is 7.05 Å². The molecule has 0 radical (unpaired) electrons. The van der Waals surface area contributed by atoms with Gasteiger partial charge in [-0.25, -0.2) is 4.79 Å². The number of carbonyl (C=O) groups is 2. The molecule has 3 aliphatic heterocycles. The van der Waals surface area contributed by atoms with Crippen LogP contribution in [0, 0.1) is 0 Å². The molecule has 1 aromatic heterocycles. The van der Waals surface area contributed by atoms with Crippen LogP contribution in [0.5, 0.6) is 0 Å². The number of imidazole rings is 1. The normalized spacial score (nSPS) is 28.1. The fourth-order valence-electron chi connectivity index (χ4n) is 5.08. The standard InChI is InChI=1S/C20H25N5O3/c1-23-17-8-12(11-24-13-3-4-14(24)10-21-9-13)2-5-15(17)25(20(23)28)16-6-7-18(26)22-19(16)27/h2,5,8,13-14,16,21H,3-4,6-7,9-11H2,1H3,(H,22,26,27). The third kappa shape index (κ3) is 2.70. The summed E-state index contributed by atoms with van der Waals surface area (Å²) >= 11 is 0. The molecule has 8 nitrogen and oxygen atoms in total. The second kappa shape index (κ2) is 6.56. The van der Waals surface area contributed by atoms with Crippen molar-refractivity contribution in [2.75, 3.05) is 13.1 Å². The van der Waals surface area contributed by atoms with Gasteiger partial charge >= 0.3 is 5.69 Å². The van der Waals surface area contributed by atoms with Gasteiger partial charge in [-0.2, -0.15) is 0 Å². The van der Waals surface area contributed by atoms with Crippen molar-refractivity contribution in [3.63, 3.8) is 0 Å². The van der Waals surface area contributed by atoms with Crippen LogP contribution >= 0.6 is 0 Å². The largest absolute Gasteiger partial charge is 0.329 e. The molecule has 148 valence electrons. The summed E-state index contributed by atoms with van der Waals surface area (Å²) in [5, 5.41) is 5.86. The molecule has 8 heteroatoms. The third-order valence-electron chi connectivity index (χ3n) is 6.57. The van der Waals surface area contributed by atoms with Gasteiger partial charge in [0.2, 0.25) is 11.8 Å². The average molecular weight is 383 g/mol. The molecular weight excluding hydrogens is 358 g/mol. The highest BCUT2D eigenvalue weighted by Gasteiger charge is 2.36. The number of amides is 2. The fourth-order valence-corrected chi connectivity index (χ4v) is 5.08.